The number of aromatic hydroxyl groups is 1. The molecule has 0 radical (unpaired) electrons. The van der Waals surface area contributed by atoms with Crippen molar-refractivity contribution in [3.8, 4) is 11.5 Å². The first-order chi connectivity index (χ1) is 10.0. The number of nitrogens with zero attached hydrogens (tertiary/aromatic N) is 1. The molecule has 4 nitrogen and oxygen atoms in total. The summed E-state index contributed by atoms with van der Waals surface area (Å²) in [6.45, 7) is 0.457. The molecule has 2 aromatic carbocycles. The Kier molecular flexibility index (Phi) is 4.85. The Bertz CT molecular complexity index is 640. The number of halogens is 1. The van der Waals surface area contributed by atoms with Crippen LogP contribution in [-0.4, -0.2) is 30.1 Å². The van der Waals surface area contributed by atoms with E-state index in [1.54, 1.807) is 31.2 Å². The quantitative estimate of drug-likeness (QED) is 0.919. The molecule has 0 unspecified atom stereocenters. The van der Waals surface area contributed by atoms with Crippen LogP contribution in [0.3, 0.4) is 0 Å². The van der Waals surface area contributed by atoms with Gasteiger partial charge in [0.25, 0.3) is 5.91 Å². The number of ether oxygens (including phenoxy) is 1. The Labute approximate surface area is 132 Å². The van der Waals surface area contributed by atoms with E-state index < -0.39 is 0 Å². The van der Waals surface area contributed by atoms with Gasteiger partial charge >= 0.3 is 0 Å². The Hall–Kier alpha value is -2.01. The lowest BCUT2D eigenvalue weighted by molar-refractivity contribution is 0.0782. The Morgan fingerprint density at radius 3 is 2.48 bits per heavy atom. The summed E-state index contributed by atoms with van der Waals surface area (Å²) >= 11 is 3.25. The number of carbonyl (C=O) groups is 1. The molecule has 1 N–H and O–H groups in total. The minimum Gasteiger partial charge on any atom is -0.507 e. The third kappa shape index (κ3) is 3.76. The van der Waals surface area contributed by atoms with Crippen LogP contribution in [0.5, 0.6) is 11.5 Å². The molecule has 0 saturated heterocycles. The number of benzene rings is 2. The Morgan fingerprint density at radius 1 is 1.24 bits per heavy atom. The minimum absolute atomic E-state index is 0.0315. The van der Waals surface area contributed by atoms with Crippen molar-refractivity contribution in [2.45, 2.75) is 6.54 Å². The highest BCUT2D eigenvalue weighted by atomic mass is 79.9. The third-order valence-corrected chi connectivity index (χ3v) is 3.61. The molecule has 0 aromatic heterocycles. The number of hydrogen-bond donors (Lipinski definition) is 1. The van der Waals surface area contributed by atoms with Crippen LogP contribution in [0.15, 0.2) is 46.9 Å². The molecule has 2 rings (SSSR count). The van der Waals surface area contributed by atoms with Gasteiger partial charge < -0.3 is 14.7 Å². The highest BCUT2D eigenvalue weighted by molar-refractivity contribution is 9.10. The Morgan fingerprint density at radius 2 is 1.90 bits per heavy atom. The molecule has 0 aliphatic heterocycles. The maximum Gasteiger partial charge on any atom is 0.257 e. The third-order valence-electron chi connectivity index (χ3n) is 3.12. The summed E-state index contributed by atoms with van der Waals surface area (Å²) in [6, 6.07) is 12.4. The number of methoxy groups -OCH3 is 1. The van der Waals surface area contributed by atoms with E-state index >= 15 is 0 Å². The number of amides is 1. The molecule has 2 aromatic rings. The van der Waals surface area contributed by atoms with Crippen molar-refractivity contribution >= 4 is 21.8 Å². The summed E-state index contributed by atoms with van der Waals surface area (Å²) in [7, 11) is 3.31. The lowest BCUT2D eigenvalue weighted by Crippen LogP contribution is -2.26. The summed E-state index contributed by atoms with van der Waals surface area (Å²) in [4.78, 5) is 13.9. The van der Waals surface area contributed by atoms with Crippen molar-refractivity contribution in [2.75, 3.05) is 14.2 Å². The number of phenolic OH excluding ortho intramolecular Hbond substituents is 1. The number of phenols is 1. The van der Waals surface area contributed by atoms with Crippen LogP contribution in [0.2, 0.25) is 0 Å². The topological polar surface area (TPSA) is 49.8 Å². The standard InChI is InChI=1S/C16H16BrNO3/c1-18(10-11-3-6-13(21-2)7-4-11)16(20)14-8-5-12(17)9-15(14)19/h3-9,19H,10H2,1-2H3. The van der Waals surface area contributed by atoms with Crippen molar-refractivity contribution in [1.82, 2.24) is 4.90 Å². The normalized spacial score (nSPS) is 10.2. The van der Waals surface area contributed by atoms with E-state index in [2.05, 4.69) is 15.9 Å². The molecule has 0 spiro atoms. The molecule has 0 fully saturated rings. The summed E-state index contributed by atoms with van der Waals surface area (Å²) in [5.41, 5.74) is 1.28. The zero-order valence-electron chi connectivity index (χ0n) is 11.8. The fourth-order valence-electron chi connectivity index (χ4n) is 1.97. The van der Waals surface area contributed by atoms with E-state index in [1.807, 2.05) is 24.3 Å². The fourth-order valence-corrected chi connectivity index (χ4v) is 2.32. The molecular weight excluding hydrogens is 334 g/mol. The summed E-state index contributed by atoms with van der Waals surface area (Å²) < 4.78 is 5.83. The molecule has 0 bridgehead atoms. The van der Waals surface area contributed by atoms with E-state index in [0.29, 0.717) is 6.54 Å². The highest BCUT2D eigenvalue weighted by Crippen LogP contribution is 2.24. The number of rotatable bonds is 4. The van der Waals surface area contributed by atoms with Gasteiger partial charge in [0, 0.05) is 18.1 Å². The van der Waals surface area contributed by atoms with Crippen molar-refractivity contribution in [2.24, 2.45) is 0 Å². The van der Waals surface area contributed by atoms with Crippen LogP contribution in [0.1, 0.15) is 15.9 Å². The van der Waals surface area contributed by atoms with Gasteiger partial charge in [-0.3, -0.25) is 4.79 Å². The smallest absolute Gasteiger partial charge is 0.257 e. The van der Waals surface area contributed by atoms with Crippen LogP contribution in [0.25, 0.3) is 0 Å². The Balaban J connectivity index is 2.11. The van der Waals surface area contributed by atoms with Gasteiger partial charge in [0.2, 0.25) is 0 Å². The summed E-state index contributed by atoms with van der Waals surface area (Å²) in [5.74, 6) is 0.519. The van der Waals surface area contributed by atoms with E-state index in [4.69, 9.17) is 4.74 Å². The molecule has 0 atom stereocenters. The van der Waals surface area contributed by atoms with E-state index in [-0.39, 0.29) is 17.2 Å². The average molecular weight is 350 g/mol. The lowest BCUT2D eigenvalue weighted by atomic mass is 10.1. The molecular formula is C16H16BrNO3. The van der Waals surface area contributed by atoms with E-state index in [0.717, 1.165) is 15.8 Å². The van der Waals surface area contributed by atoms with E-state index in [9.17, 15) is 9.90 Å². The predicted octanol–water partition coefficient (Wildman–Crippen LogP) is 3.44. The minimum atomic E-state index is -0.226. The molecule has 0 heterocycles. The molecule has 21 heavy (non-hydrogen) atoms. The first-order valence-electron chi connectivity index (χ1n) is 6.38. The molecule has 0 saturated carbocycles. The van der Waals surface area contributed by atoms with Gasteiger partial charge in [-0.1, -0.05) is 28.1 Å². The molecule has 110 valence electrons. The van der Waals surface area contributed by atoms with Gasteiger partial charge in [-0.2, -0.15) is 0 Å². The SMILES string of the molecule is COc1ccc(CN(C)C(=O)c2ccc(Br)cc2O)cc1. The van der Waals surface area contributed by atoms with Gasteiger partial charge in [-0.05, 0) is 35.9 Å². The van der Waals surface area contributed by atoms with Gasteiger partial charge in [0.15, 0.2) is 0 Å². The summed E-state index contributed by atoms with van der Waals surface area (Å²) in [6.07, 6.45) is 0. The number of carbonyl (C=O) groups excluding carboxylic acids is 1. The first kappa shape index (κ1) is 15.4. The molecule has 5 heteroatoms. The number of hydrogen-bond acceptors (Lipinski definition) is 3. The average Bonchev–Trinajstić information content (AvgIpc) is 2.47. The largest absolute Gasteiger partial charge is 0.507 e. The molecule has 1 amide bonds. The fraction of sp³-hybridized carbons (Fsp3) is 0.188. The van der Waals surface area contributed by atoms with Crippen LogP contribution < -0.4 is 4.74 Å². The monoisotopic (exact) mass is 349 g/mol. The van der Waals surface area contributed by atoms with Crippen molar-refractivity contribution < 1.29 is 14.6 Å². The first-order valence-corrected chi connectivity index (χ1v) is 7.17. The zero-order valence-corrected chi connectivity index (χ0v) is 13.4. The summed E-state index contributed by atoms with van der Waals surface area (Å²) in [5, 5.41) is 9.85. The second kappa shape index (κ2) is 6.63. The van der Waals surface area contributed by atoms with Crippen LogP contribution in [-0.2, 0) is 6.54 Å². The van der Waals surface area contributed by atoms with Crippen molar-refractivity contribution in [1.29, 1.82) is 0 Å². The maximum atomic E-state index is 12.3. The van der Waals surface area contributed by atoms with Gasteiger partial charge in [0.1, 0.15) is 11.5 Å². The van der Waals surface area contributed by atoms with Gasteiger partial charge in [0.05, 0.1) is 12.7 Å². The second-order valence-electron chi connectivity index (χ2n) is 4.67. The van der Waals surface area contributed by atoms with Crippen molar-refractivity contribution in [3.63, 3.8) is 0 Å². The highest BCUT2D eigenvalue weighted by Gasteiger charge is 2.16. The predicted molar refractivity (Wildman–Crippen MR) is 84.6 cm³/mol. The van der Waals surface area contributed by atoms with Gasteiger partial charge in [-0.25, -0.2) is 0 Å². The van der Waals surface area contributed by atoms with Crippen molar-refractivity contribution in [3.05, 3.63) is 58.1 Å². The van der Waals surface area contributed by atoms with E-state index in [1.165, 1.54) is 6.07 Å². The van der Waals surface area contributed by atoms with Gasteiger partial charge in [-0.15, -0.1) is 0 Å². The maximum absolute atomic E-state index is 12.3. The zero-order chi connectivity index (χ0) is 15.4. The lowest BCUT2D eigenvalue weighted by Gasteiger charge is -2.18. The van der Waals surface area contributed by atoms with Crippen LogP contribution >= 0.6 is 15.9 Å². The van der Waals surface area contributed by atoms with Crippen LogP contribution in [0.4, 0.5) is 0 Å². The van der Waals surface area contributed by atoms with Crippen LogP contribution in [0, 0.1) is 0 Å². The second-order valence-corrected chi connectivity index (χ2v) is 5.59. The molecule has 0 aliphatic carbocycles. The molecule has 0 aliphatic rings.